The zero-order chi connectivity index (χ0) is 26.7. The van der Waals surface area contributed by atoms with Crippen molar-refractivity contribution in [1.82, 2.24) is 15.5 Å². The fraction of sp³-hybridized carbons (Fsp3) is 0.308. The molecule has 0 aliphatic carbocycles. The first-order valence-electron chi connectivity index (χ1n) is 11.3. The van der Waals surface area contributed by atoms with E-state index >= 15 is 0 Å². The lowest BCUT2D eigenvalue weighted by molar-refractivity contribution is -0.142. The maximum absolute atomic E-state index is 13.5. The highest BCUT2D eigenvalue weighted by Crippen LogP contribution is 2.12. The quantitative estimate of drug-likeness (QED) is 0.215. The van der Waals surface area contributed by atoms with E-state index in [-0.39, 0.29) is 12.1 Å². The predicted octanol–water partition coefficient (Wildman–Crippen LogP) is 1.20. The molecule has 3 N–H and O–H groups in total. The van der Waals surface area contributed by atoms with Crippen LogP contribution in [0.1, 0.15) is 36.2 Å². The number of nitrogens with one attached hydrogen (secondary N) is 2. The monoisotopic (exact) mass is 495 g/mol. The number of hydrogen-bond donors (Lipinski definition) is 3. The molecular formula is C26H29N3O7. The molecule has 0 fully saturated rings. The topological polar surface area (TPSA) is 150 Å². The summed E-state index contributed by atoms with van der Waals surface area (Å²) in [6.07, 6.45) is -0.296. The standard InChI is InChI=1S/C26H29N3O7/c1-17(2)23(28-25(35)24(34)19-11-7-4-8-12-19)26(36)29(14-18-9-5-3-6-10-18)15-21(31)27-20(16-30)13-22(32)33/h3-12,16-17,20,23H,13-15H2,1-2H3,(H,27,31)(H,28,35)(H,32,33)/t20-,23-/m0/s1. The molecular weight excluding hydrogens is 466 g/mol. The van der Waals surface area contributed by atoms with E-state index in [0.29, 0.717) is 11.8 Å². The van der Waals surface area contributed by atoms with E-state index in [1.807, 2.05) is 0 Å². The van der Waals surface area contributed by atoms with Gasteiger partial charge in [0.05, 0.1) is 19.0 Å². The van der Waals surface area contributed by atoms with E-state index in [0.717, 1.165) is 0 Å². The van der Waals surface area contributed by atoms with Crippen LogP contribution >= 0.6 is 0 Å². The number of nitrogens with zero attached hydrogens (tertiary/aromatic N) is 1. The van der Waals surface area contributed by atoms with Crippen LogP contribution < -0.4 is 10.6 Å². The lowest BCUT2D eigenvalue weighted by Gasteiger charge is -2.29. The zero-order valence-corrected chi connectivity index (χ0v) is 20.0. The Morgan fingerprint density at radius 2 is 1.50 bits per heavy atom. The van der Waals surface area contributed by atoms with Crippen molar-refractivity contribution in [2.24, 2.45) is 5.92 Å². The van der Waals surface area contributed by atoms with Crippen molar-refractivity contribution in [1.29, 1.82) is 0 Å². The fourth-order valence-corrected chi connectivity index (χ4v) is 3.40. The van der Waals surface area contributed by atoms with Gasteiger partial charge in [0.25, 0.3) is 5.91 Å². The van der Waals surface area contributed by atoms with Crippen molar-refractivity contribution in [3.63, 3.8) is 0 Å². The highest BCUT2D eigenvalue weighted by molar-refractivity contribution is 6.43. The largest absolute Gasteiger partial charge is 0.481 e. The van der Waals surface area contributed by atoms with Gasteiger partial charge >= 0.3 is 5.97 Å². The van der Waals surface area contributed by atoms with Crippen molar-refractivity contribution >= 4 is 35.8 Å². The van der Waals surface area contributed by atoms with E-state index < -0.39 is 60.4 Å². The fourth-order valence-electron chi connectivity index (χ4n) is 3.40. The molecule has 0 saturated heterocycles. The number of carbonyl (C=O) groups is 6. The molecule has 0 saturated carbocycles. The number of hydrogen-bond acceptors (Lipinski definition) is 6. The molecule has 2 aromatic carbocycles. The summed E-state index contributed by atoms with van der Waals surface area (Å²) in [6, 6.07) is 14.3. The van der Waals surface area contributed by atoms with Gasteiger partial charge in [-0.15, -0.1) is 0 Å². The second kappa shape index (κ2) is 13.5. The Hall–Kier alpha value is -4.34. The van der Waals surface area contributed by atoms with Crippen LogP contribution in [-0.2, 0) is 30.5 Å². The zero-order valence-electron chi connectivity index (χ0n) is 20.0. The van der Waals surface area contributed by atoms with Crippen molar-refractivity contribution in [2.75, 3.05) is 6.54 Å². The third-order valence-electron chi connectivity index (χ3n) is 5.23. The van der Waals surface area contributed by atoms with Crippen LogP contribution in [0.5, 0.6) is 0 Å². The van der Waals surface area contributed by atoms with E-state index in [1.165, 1.54) is 17.0 Å². The van der Waals surface area contributed by atoms with E-state index in [1.54, 1.807) is 62.4 Å². The molecule has 0 bridgehead atoms. The summed E-state index contributed by atoms with van der Waals surface area (Å²) in [4.78, 5) is 74.5. The molecule has 0 spiro atoms. The lowest BCUT2D eigenvalue weighted by atomic mass is 10.0. The maximum atomic E-state index is 13.5. The number of carbonyl (C=O) groups excluding carboxylic acids is 5. The number of aliphatic carboxylic acids is 1. The number of rotatable bonds is 13. The molecule has 190 valence electrons. The van der Waals surface area contributed by atoms with Crippen molar-refractivity contribution in [3.05, 3.63) is 71.8 Å². The number of ketones is 1. The number of amides is 3. The number of aldehydes is 1. The van der Waals surface area contributed by atoms with E-state index in [4.69, 9.17) is 5.11 Å². The van der Waals surface area contributed by atoms with Gasteiger partial charge in [-0.25, -0.2) is 0 Å². The van der Waals surface area contributed by atoms with Gasteiger partial charge in [-0.3, -0.25) is 24.0 Å². The molecule has 0 radical (unpaired) electrons. The van der Waals surface area contributed by atoms with Crippen LogP contribution in [0, 0.1) is 5.92 Å². The van der Waals surface area contributed by atoms with Gasteiger partial charge in [-0.05, 0) is 11.5 Å². The third-order valence-corrected chi connectivity index (χ3v) is 5.23. The summed E-state index contributed by atoms with van der Waals surface area (Å²) in [7, 11) is 0. The van der Waals surface area contributed by atoms with Crippen LogP contribution in [0.3, 0.4) is 0 Å². The minimum absolute atomic E-state index is 0.00347. The van der Waals surface area contributed by atoms with Crippen LogP contribution in [0.25, 0.3) is 0 Å². The maximum Gasteiger partial charge on any atom is 0.305 e. The van der Waals surface area contributed by atoms with Crippen LogP contribution in [-0.4, -0.2) is 64.4 Å². The Kier molecular flexibility index (Phi) is 10.5. The van der Waals surface area contributed by atoms with Gasteiger partial charge in [0.2, 0.25) is 17.6 Å². The molecule has 3 amide bonds. The first-order valence-corrected chi connectivity index (χ1v) is 11.3. The Morgan fingerprint density at radius 3 is 2.03 bits per heavy atom. The highest BCUT2D eigenvalue weighted by Gasteiger charge is 2.32. The van der Waals surface area contributed by atoms with Crippen LogP contribution in [0.4, 0.5) is 0 Å². The number of Topliss-reactive ketones (excluding diaryl/α,β-unsaturated/α-hetero) is 1. The highest BCUT2D eigenvalue weighted by atomic mass is 16.4. The average Bonchev–Trinajstić information content (AvgIpc) is 2.86. The van der Waals surface area contributed by atoms with E-state index in [9.17, 15) is 28.8 Å². The molecule has 2 aromatic rings. The number of carboxylic acid groups (broad SMARTS) is 1. The van der Waals surface area contributed by atoms with Gasteiger partial charge < -0.3 is 25.4 Å². The minimum Gasteiger partial charge on any atom is -0.481 e. The van der Waals surface area contributed by atoms with Crippen molar-refractivity contribution in [3.8, 4) is 0 Å². The molecule has 0 heterocycles. The Bertz CT molecular complexity index is 1090. The number of benzene rings is 2. The Morgan fingerprint density at radius 1 is 0.917 bits per heavy atom. The first-order chi connectivity index (χ1) is 17.1. The summed E-state index contributed by atoms with van der Waals surface area (Å²) >= 11 is 0. The van der Waals surface area contributed by atoms with Crippen LogP contribution in [0.15, 0.2) is 60.7 Å². The molecule has 10 nitrogen and oxygen atoms in total. The molecule has 2 atom stereocenters. The van der Waals surface area contributed by atoms with Gasteiger partial charge in [0, 0.05) is 12.1 Å². The summed E-state index contributed by atoms with van der Waals surface area (Å²) in [6.45, 7) is 2.88. The molecule has 2 rings (SSSR count). The van der Waals surface area contributed by atoms with Gasteiger partial charge in [-0.1, -0.05) is 74.5 Å². The number of carboxylic acids is 1. The average molecular weight is 496 g/mol. The smallest absolute Gasteiger partial charge is 0.305 e. The Labute approximate surface area is 208 Å². The minimum atomic E-state index is -1.27. The molecule has 10 heteroatoms. The van der Waals surface area contributed by atoms with E-state index in [2.05, 4.69) is 10.6 Å². The second-order valence-corrected chi connectivity index (χ2v) is 8.48. The van der Waals surface area contributed by atoms with Gasteiger partial charge in [0.15, 0.2) is 0 Å². The summed E-state index contributed by atoms with van der Waals surface area (Å²) in [5, 5.41) is 13.7. The van der Waals surface area contributed by atoms with Crippen molar-refractivity contribution in [2.45, 2.75) is 38.9 Å². The summed E-state index contributed by atoms with van der Waals surface area (Å²) in [5.74, 6) is -4.81. The molecule has 0 unspecified atom stereocenters. The first kappa shape index (κ1) is 27.9. The molecule has 0 aliphatic heterocycles. The normalized spacial score (nSPS) is 12.2. The SMILES string of the molecule is CC(C)[C@H](NC(=O)C(=O)c1ccccc1)C(=O)N(CC(=O)N[C@H](C=O)CC(=O)O)Cc1ccccc1. The predicted molar refractivity (Wildman–Crippen MR) is 130 cm³/mol. The lowest BCUT2D eigenvalue weighted by Crippen LogP contribution is -2.54. The summed E-state index contributed by atoms with van der Waals surface area (Å²) in [5.41, 5.74) is 0.870. The van der Waals surface area contributed by atoms with Crippen LogP contribution in [0.2, 0.25) is 0 Å². The molecule has 36 heavy (non-hydrogen) atoms. The second-order valence-electron chi connectivity index (χ2n) is 8.48. The Balaban J connectivity index is 2.24. The molecule has 0 aliphatic rings. The van der Waals surface area contributed by atoms with Crippen molar-refractivity contribution < 1.29 is 33.9 Å². The molecule has 0 aromatic heterocycles. The van der Waals surface area contributed by atoms with Gasteiger partial charge in [-0.2, -0.15) is 0 Å². The third kappa shape index (κ3) is 8.46. The summed E-state index contributed by atoms with van der Waals surface area (Å²) < 4.78 is 0. The van der Waals surface area contributed by atoms with Gasteiger partial charge in [0.1, 0.15) is 12.3 Å².